The monoisotopic (exact) mass is 255 g/mol. The van der Waals surface area contributed by atoms with Crippen LogP contribution in [0.1, 0.15) is 36.6 Å². The Morgan fingerprint density at radius 1 is 1.24 bits per heavy atom. The zero-order valence-electron chi connectivity index (χ0n) is 11.6. The third-order valence-corrected chi connectivity index (χ3v) is 4.14. The van der Waals surface area contributed by atoms with Gasteiger partial charge in [-0.25, -0.2) is 0 Å². The molecule has 0 aliphatic heterocycles. The van der Waals surface area contributed by atoms with Crippen LogP contribution in [0.5, 0.6) is 0 Å². The van der Waals surface area contributed by atoms with E-state index in [2.05, 4.69) is 51.9 Å². The SMILES string of the molecule is CC(C)Cc1ccc(C(C(C)CO)N(C)C)s1. The Bertz CT molecular complexity index is 333. The molecule has 0 aliphatic carbocycles. The zero-order chi connectivity index (χ0) is 13.0. The van der Waals surface area contributed by atoms with Gasteiger partial charge in [0.05, 0.1) is 0 Å². The van der Waals surface area contributed by atoms with Crippen LogP contribution in [0.3, 0.4) is 0 Å². The van der Waals surface area contributed by atoms with Gasteiger partial charge in [0.15, 0.2) is 0 Å². The molecule has 0 amide bonds. The lowest BCUT2D eigenvalue weighted by molar-refractivity contribution is 0.148. The van der Waals surface area contributed by atoms with Crippen LogP contribution >= 0.6 is 11.3 Å². The minimum absolute atomic E-state index is 0.236. The summed E-state index contributed by atoms with van der Waals surface area (Å²) in [7, 11) is 4.16. The van der Waals surface area contributed by atoms with Crippen LogP contribution in [-0.4, -0.2) is 30.7 Å². The lowest BCUT2D eigenvalue weighted by Gasteiger charge is -2.28. The molecular formula is C14H25NOS. The molecule has 1 aromatic rings. The van der Waals surface area contributed by atoms with Gasteiger partial charge in [0, 0.05) is 22.4 Å². The van der Waals surface area contributed by atoms with Crippen molar-refractivity contribution >= 4 is 11.3 Å². The highest BCUT2D eigenvalue weighted by molar-refractivity contribution is 7.12. The number of aliphatic hydroxyl groups is 1. The molecule has 1 heterocycles. The summed E-state index contributed by atoms with van der Waals surface area (Å²) >= 11 is 1.89. The van der Waals surface area contributed by atoms with E-state index in [1.54, 1.807) is 0 Å². The second-order valence-corrected chi connectivity index (χ2v) is 6.67. The van der Waals surface area contributed by atoms with Crippen LogP contribution < -0.4 is 0 Å². The normalized spacial score (nSPS) is 15.5. The Morgan fingerprint density at radius 2 is 1.88 bits per heavy atom. The topological polar surface area (TPSA) is 23.5 Å². The van der Waals surface area contributed by atoms with Gasteiger partial charge in [-0.3, -0.25) is 0 Å². The van der Waals surface area contributed by atoms with E-state index < -0.39 is 0 Å². The molecule has 0 spiro atoms. The quantitative estimate of drug-likeness (QED) is 0.844. The predicted octanol–water partition coefficient (Wildman–Crippen LogP) is 3.18. The first-order valence-electron chi connectivity index (χ1n) is 6.31. The fourth-order valence-electron chi connectivity index (χ4n) is 2.21. The van der Waals surface area contributed by atoms with E-state index in [1.165, 1.54) is 9.75 Å². The van der Waals surface area contributed by atoms with E-state index in [-0.39, 0.29) is 12.5 Å². The molecule has 0 fully saturated rings. The van der Waals surface area contributed by atoms with Gasteiger partial charge in [0.1, 0.15) is 0 Å². The molecule has 3 heteroatoms. The molecule has 1 rings (SSSR count). The van der Waals surface area contributed by atoms with E-state index in [1.807, 2.05) is 11.3 Å². The summed E-state index contributed by atoms with van der Waals surface area (Å²) in [6.07, 6.45) is 1.15. The summed E-state index contributed by atoms with van der Waals surface area (Å²) in [4.78, 5) is 5.02. The molecule has 2 atom stereocenters. The van der Waals surface area contributed by atoms with Gasteiger partial charge in [0.2, 0.25) is 0 Å². The minimum atomic E-state index is 0.236. The Kier molecular flexibility index (Phi) is 5.63. The number of aliphatic hydroxyl groups excluding tert-OH is 1. The maximum atomic E-state index is 9.35. The number of hydrogen-bond acceptors (Lipinski definition) is 3. The molecule has 2 nitrogen and oxygen atoms in total. The molecule has 0 aliphatic rings. The molecule has 1 aromatic heterocycles. The molecule has 0 saturated heterocycles. The largest absolute Gasteiger partial charge is 0.396 e. The third-order valence-electron chi connectivity index (χ3n) is 2.97. The first-order chi connectivity index (χ1) is 7.95. The van der Waals surface area contributed by atoms with Gasteiger partial charge >= 0.3 is 0 Å². The van der Waals surface area contributed by atoms with Gasteiger partial charge in [0.25, 0.3) is 0 Å². The molecule has 1 N–H and O–H groups in total. The average Bonchev–Trinajstić information content (AvgIpc) is 2.64. The Balaban J connectivity index is 2.84. The lowest BCUT2D eigenvalue weighted by Crippen LogP contribution is -2.27. The van der Waals surface area contributed by atoms with Crippen molar-refractivity contribution in [2.75, 3.05) is 20.7 Å². The first-order valence-corrected chi connectivity index (χ1v) is 7.13. The Morgan fingerprint density at radius 3 is 2.35 bits per heavy atom. The number of rotatable bonds is 6. The molecule has 0 bridgehead atoms. The van der Waals surface area contributed by atoms with Crippen molar-refractivity contribution < 1.29 is 5.11 Å². The summed E-state index contributed by atoms with van der Waals surface area (Å²) in [6, 6.07) is 4.78. The van der Waals surface area contributed by atoms with E-state index in [4.69, 9.17) is 0 Å². The average molecular weight is 255 g/mol. The first kappa shape index (κ1) is 14.7. The lowest BCUT2D eigenvalue weighted by atomic mass is 10.0. The molecule has 0 aromatic carbocycles. The smallest absolute Gasteiger partial charge is 0.0483 e. The minimum Gasteiger partial charge on any atom is -0.396 e. The molecule has 2 unspecified atom stereocenters. The second-order valence-electron chi connectivity index (χ2n) is 5.47. The summed E-state index contributed by atoms with van der Waals surface area (Å²) in [5, 5.41) is 9.35. The van der Waals surface area contributed by atoms with Crippen LogP contribution in [0.25, 0.3) is 0 Å². The van der Waals surface area contributed by atoms with E-state index in [9.17, 15) is 5.11 Å². The number of hydrogen-bond donors (Lipinski definition) is 1. The van der Waals surface area contributed by atoms with Crippen LogP contribution in [0, 0.1) is 11.8 Å². The molecule has 98 valence electrons. The number of nitrogens with zero attached hydrogens (tertiary/aromatic N) is 1. The van der Waals surface area contributed by atoms with Crippen LogP contribution in [0.4, 0.5) is 0 Å². The maximum Gasteiger partial charge on any atom is 0.0483 e. The standard InChI is InChI=1S/C14H25NOS/c1-10(2)8-12-6-7-13(17-12)14(15(4)5)11(3)9-16/h6-7,10-11,14,16H,8-9H2,1-5H3. The fraction of sp³-hybridized carbons (Fsp3) is 0.714. The highest BCUT2D eigenvalue weighted by atomic mass is 32.1. The number of thiophene rings is 1. The van der Waals surface area contributed by atoms with Gasteiger partial charge in [-0.15, -0.1) is 11.3 Å². The van der Waals surface area contributed by atoms with E-state index in [0.717, 1.165) is 6.42 Å². The zero-order valence-corrected chi connectivity index (χ0v) is 12.4. The van der Waals surface area contributed by atoms with Crippen molar-refractivity contribution in [3.8, 4) is 0 Å². The van der Waals surface area contributed by atoms with Crippen molar-refractivity contribution in [2.45, 2.75) is 33.2 Å². The summed E-state index contributed by atoms with van der Waals surface area (Å²) in [6.45, 7) is 6.84. The molecule has 17 heavy (non-hydrogen) atoms. The van der Waals surface area contributed by atoms with Gasteiger partial charge in [-0.2, -0.15) is 0 Å². The van der Waals surface area contributed by atoms with Crippen molar-refractivity contribution in [1.82, 2.24) is 4.90 Å². The van der Waals surface area contributed by atoms with Crippen molar-refractivity contribution in [2.24, 2.45) is 11.8 Å². The molecular weight excluding hydrogens is 230 g/mol. The second kappa shape index (κ2) is 6.53. The van der Waals surface area contributed by atoms with Crippen molar-refractivity contribution in [3.63, 3.8) is 0 Å². The summed E-state index contributed by atoms with van der Waals surface area (Å²) in [5.74, 6) is 0.977. The Hall–Kier alpha value is -0.380. The highest BCUT2D eigenvalue weighted by Crippen LogP contribution is 2.32. The Labute approximate surface area is 109 Å². The van der Waals surface area contributed by atoms with Crippen LogP contribution in [-0.2, 0) is 6.42 Å². The van der Waals surface area contributed by atoms with Crippen LogP contribution in [0.15, 0.2) is 12.1 Å². The summed E-state index contributed by atoms with van der Waals surface area (Å²) in [5.41, 5.74) is 0. The van der Waals surface area contributed by atoms with Crippen molar-refractivity contribution in [3.05, 3.63) is 21.9 Å². The van der Waals surface area contributed by atoms with Gasteiger partial charge in [-0.05, 0) is 44.5 Å². The molecule has 0 saturated carbocycles. The maximum absolute atomic E-state index is 9.35. The third kappa shape index (κ3) is 4.09. The van der Waals surface area contributed by atoms with Gasteiger partial charge < -0.3 is 10.0 Å². The summed E-state index contributed by atoms with van der Waals surface area (Å²) < 4.78 is 0. The van der Waals surface area contributed by atoms with Crippen LogP contribution in [0.2, 0.25) is 0 Å². The van der Waals surface area contributed by atoms with E-state index in [0.29, 0.717) is 12.0 Å². The predicted molar refractivity (Wildman–Crippen MR) is 75.5 cm³/mol. The highest BCUT2D eigenvalue weighted by Gasteiger charge is 2.22. The molecule has 0 radical (unpaired) electrons. The fourth-order valence-corrected chi connectivity index (χ4v) is 3.76. The van der Waals surface area contributed by atoms with Crippen molar-refractivity contribution in [1.29, 1.82) is 0 Å². The van der Waals surface area contributed by atoms with Gasteiger partial charge in [-0.1, -0.05) is 20.8 Å². The van der Waals surface area contributed by atoms with E-state index >= 15 is 0 Å².